The Hall–Kier alpha value is -1.36. The number of piperidine rings is 1. The van der Waals surface area contributed by atoms with Gasteiger partial charge in [-0.2, -0.15) is 0 Å². The van der Waals surface area contributed by atoms with Crippen LogP contribution < -0.4 is 5.32 Å². The number of thiophene rings is 1. The van der Waals surface area contributed by atoms with Crippen molar-refractivity contribution in [3.63, 3.8) is 0 Å². The number of nitrogens with one attached hydrogen (secondary N) is 1. The molecule has 0 aliphatic carbocycles. The molecule has 4 nitrogen and oxygen atoms in total. The van der Waals surface area contributed by atoms with E-state index in [0.29, 0.717) is 19.0 Å². The van der Waals surface area contributed by atoms with Gasteiger partial charge in [-0.1, -0.05) is 19.9 Å². The van der Waals surface area contributed by atoms with E-state index in [2.05, 4.69) is 19.2 Å². The van der Waals surface area contributed by atoms with Crippen LogP contribution in [0.5, 0.6) is 0 Å². The van der Waals surface area contributed by atoms with E-state index in [1.807, 2.05) is 29.3 Å². The molecule has 1 aliphatic rings. The number of nitrogens with zero attached hydrogens (tertiary/aromatic N) is 1. The lowest BCUT2D eigenvalue weighted by atomic mass is 9.94. The fourth-order valence-corrected chi connectivity index (χ4v) is 3.10. The van der Waals surface area contributed by atoms with Gasteiger partial charge >= 0.3 is 0 Å². The summed E-state index contributed by atoms with van der Waals surface area (Å²) in [6.07, 6.45) is 1.52. The second kappa shape index (κ2) is 7.07. The molecule has 0 saturated carbocycles. The zero-order valence-electron chi connectivity index (χ0n) is 13.0. The van der Waals surface area contributed by atoms with Crippen LogP contribution in [0.2, 0.25) is 0 Å². The number of hydrogen-bond donors (Lipinski definition) is 1. The van der Waals surface area contributed by atoms with Gasteiger partial charge in [-0.05, 0) is 37.1 Å². The van der Waals surface area contributed by atoms with E-state index in [-0.39, 0.29) is 23.8 Å². The summed E-state index contributed by atoms with van der Waals surface area (Å²) >= 11 is 1.47. The van der Waals surface area contributed by atoms with Crippen LogP contribution >= 0.6 is 11.3 Å². The molecule has 116 valence electrons. The molecule has 1 fully saturated rings. The van der Waals surface area contributed by atoms with Crippen LogP contribution in [0.25, 0.3) is 0 Å². The normalized spacial score (nSPS) is 17.8. The zero-order valence-corrected chi connectivity index (χ0v) is 13.8. The second-order valence-electron chi connectivity index (χ2n) is 6.09. The maximum atomic E-state index is 12.2. The molecule has 2 amide bonds. The summed E-state index contributed by atoms with van der Waals surface area (Å²) in [5.41, 5.74) is 0. The third kappa shape index (κ3) is 4.06. The Morgan fingerprint density at radius 2 is 1.95 bits per heavy atom. The Balaban J connectivity index is 1.83. The van der Waals surface area contributed by atoms with Crippen molar-refractivity contribution >= 4 is 23.2 Å². The molecule has 1 N–H and O–H groups in total. The third-order valence-corrected chi connectivity index (χ3v) is 5.11. The van der Waals surface area contributed by atoms with Gasteiger partial charge in [0.1, 0.15) is 0 Å². The van der Waals surface area contributed by atoms with Crippen LogP contribution in [0.4, 0.5) is 0 Å². The molecule has 1 unspecified atom stereocenters. The van der Waals surface area contributed by atoms with Gasteiger partial charge < -0.3 is 10.2 Å². The van der Waals surface area contributed by atoms with E-state index >= 15 is 0 Å². The standard InChI is InChI=1S/C16H24N2O2S/c1-11(2)12(3)17-15(19)13-6-8-18(9-7-13)16(20)14-5-4-10-21-14/h4-5,10-13H,6-9H2,1-3H3,(H,17,19). The first kappa shape index (κ1) is 16.0. The minimum absolute atomic E-state index is 0.0404. The largest absolute Gasteiger partial charge is 0.353 e. The lowest BCUT2D eigenvalue weighted by Crippen LogP contribution is -2.45. The van der Waals surface area contributed by atoms with Crippen LogP contribution in [0.3, 0.4) is 0 Å². The van der Waals surface area contributed by atoms with Crippen molar-refractivity contribution in [3.8, 4) is 0 Å². The first-order chi connectivity index (χ1) is 9.99. The highest BCUT2D eigenvalue weighted by Gasteiger charge is 2.28. The van der Waals surface area contributed by atoms with Gasteiger partial charge in [0.05, 0.1) is 4.88 Å². The van der Waals surface area contributed by atoms with Gasteiger partial charge in [-0.15, -0.1) is 11.3 Å². The average molecular weight is 308 g/mol. The highest BCUT2D eigenvalue weighted by molar-refractivity contribution is 7.12. The van der Waals surface area contributed by atoms with Crippen molar-refractivity contribution < 1.29 is 9.59 Å². The molecule has 1 saturated heterocycles. The lowest BCUT2D eigenvalue weighted by molar-refractivity contribution is -0.127. The van der Waals surface area contributed by atoms with Gasteiger partial charge in [0, 0.05) is 25.0 Å². The molecule has 1 aliphatic heterocycles. The number of carbonyl (C=O) groups excluding carboxylic acids is 2. The number of amides is 2. The molecule has 1 atom stereocenters. The molecule has 2 rings (SSSR count). The third-order valence-electron chi connectivity index (χ3n) is 4.25. The van der Waals surface area contributed by atoms with Crippen molar-refractivity contribution in [1.29, 1.82) is 0 Å². The average Bonchev–Trinajstić information content (AvgIpc) is 3.00. The fraction of sp³-hybridized carbons (Fsp3) is 0.625. The molecule has 21 heavy (non-hydrogen) atoms. The summed E-state index contributed by atoms with van der Waals surface area (Å²) < 4.78 is 0. The second-order valence-corrected chi connectivity index (χ2v) is 7.03. The van der Waals surface area contributed by atoms with Gasteiger partial charge in [-0.25, -0.2) is 0 Å². The molecule has 0 aromatic carbocycles. The molecule has 5 heteroatoms. The van der Waals surface area contributed by atoms with Crippen LogP contribution in [-0.4, -0.2) is 35.8 Å². The predicted octanol–water partition coefficient (Wildman–Crippen LogP) is 2.76. The summed E-state index contributed by atoms with van der Waals surface area (Å²) in [7, 11) is 0. The van der Waals surface area contributed by atoms with Crippen molar-refractivity contribution in [1.82, 2.24) is 10.2 Å². The van der Waals surface area contributed by atoms with Gasteiger partial charge in [0.15, 0.2) is 0 Å². The van der Waals surface area contributed by atoms with Gasteiger partial charge in [0.25, 0.3) is 5.91 Å². The fourth-order valence-electron chi connectivity index (χ4n) is 2.41. The van der Waals surface area contributed by atoms with Crippen LogP contribution in [-0.2, 0) is 4.79 Å². The number of rotatable bonds is 4. The topological polar surface area (TPSA) is 49.4 Å². The van der Waals surface area contributed by atoms with Crippen molar-refractivity contribution in [2.24, 2.45) is 11.8 Å². The van der Waals surface area contributed by atoms with E-state index < -0.39 is 0 Å². The maximum Gasteiger partial charge on any atom is 0.263 e. The number of hydrogen-bond acceptors (Lipinski definition) is 3. The molecular formula is C16H24N2O2S. The first-order valence-electron chi connectivity index (χ1n) is 7.62. The Morgan fingerprint density at radius 3 is 2.48 bits per heavy atom. The summed E-state index contributed by atoms with van der Waals surface area (Å²) in [6, 6.07) is 3.95. The summed E-state index contributed by atoms with van der Waals surface area (Å²) in [5.74, 6) is 0.715. The summed E-state index contributed by atoms with van der Waals surface area (Å²) in [5, 5.41) is 5.00. The summed E-state index contributed by atoms with van der Waals surface area (Å²) in [6.45, 7) is 7.59. The first-order valence-corrected chi connectivity index (χ1v) is 8.50. The molecular weight excluding hydrogens is 284 g/mol. The smallest absolute Gasteiger partial charge is 0.263 e. The van der Waals surface area contributed by atoms with Crippen LogP contribution in [0, 0.1) is 11.8 Å². The minimum atomic E-state index is 0.0404. The monoisotopic (exact) mass is 308 g/mol. The van der Waals surface area contributed by atoms with E-state index in [1.165, 1.54) is 11.3 Å². The number of likely N-dealkylation sites (tertiary alicyclic amines) is 1. The van der Waals surface area contributed by atoms with E-state index in [1.54, 1.807) is 0 Å². The molecule has 0 radical (unpaired) electrons. The molecule has 1 aromatic rings. The quantitative estimate of drug-likeness (QED) is 0.930. The van der Waals surface area contributed by atoms with Crippen molar-refractivity contribution in [3.05, 3.63) is 22.4 Å². The lowest BCUT2D eigenvalue weighted by Gasteiger charge is -2.32. The number of carbonyl (C=O) groups is 2. The minimum Gasteiger partial charge on any atom is -0.353 e. The maximum absolute atomic E-state index is 12.2. The highest BCUT2D eigenvalue weighted by Crippen LogP contribution is 2.21. The Kier molecular flexibility index (Phi) is 5.39. The molecule has 1 aromatic heterocycles. The summed E-state index contributed by atoms with van der Waals surface area (Å²) in [4.78, 5) is 27.1. The van der Waals surface area contributed by atoms with Crippen LogP contribution in [0.1, 0.15) is 43.3 Å². The Bertz CT molecular complexity index is 476. The van der Waals surface area contributed by atoms with Crippen molar-refractivity contribution in [2.75, 3.05) is 13.1 Å². The highest BCUT2D eigenvalue weighted by atomic mass is 32.1. The molecule has 2 heterocycles. The van der Waals surface area contributed by atoms with Crippen LogP contribution in [0.15, 0.2) is 17.5 Å². The van der Waals surface area contributed by atoms with Gasteiger partial charge in [-0.3, -0.25) is 9.59 Å². The molecule has 0 spiro atoms. The van der Waals surface area contributed by atoms with E-state index in [4.69, 9.17) is 0 Å². The Morgan fingerprint density at radius 1 is 1.29 bits per heavy atom. The van der Waals surface area contributed by atoms with E-state index in [0.717, 1.165) is 17.7 Å². The molecule has 0 bridgehead atoms. The van der Waals surface area contributed by atoms with Crippen molar-refractivity contribution in [2.45, 2.75) is 39.7 Å². The van der Waals surface area contributed by atoms with E-state index in [9.17, 15) is 9.59 Å². The van der Waals surface area contributed by atoms with Gasteiger partial charge in [0.2, 0.25) is 5.91 Å². The Labute approximate surface area is 130 Å². The SMILES string of the molecule is CC(C)C(C)NC(=O)C1CCN(C(=O)c2cccs2)CC1. The zero-order chi connectivity index (χ0) is 15.4. The predicted molar refractivity (Wildman–Crippen MR) is 85.4 cm³/mol.